The molecule has 0 spiro atoms. The summed E-state index contributed by atoms with van der Waals surface area (Å²) in [4.78, 5) is 24.6. The Morgan fingerprint density at radius 3 is 2.67 bits per heavy atom. The fourth-order valence-electron chi connectivity index (χ4n) is 1.40. The van der Waals surface area contributed by atoms with E-state index >= 15 is 0 Å². The molecule has 6 nitrogen and oxygen atoms in total. The lowest BCUT2D eigenvalue weighted by atomic mass is 10.1. The predicted molar refractivity (Wildman–Crippen MR) is 56.5 cm³/mol. The number of ether oxygens (including phenoxy) is 1. The summed E-state index contributed by atoms with van der Waals surface area (Å²) in [5.41, 5.74) is -2.46. The Kier molecular flexibility index (Phi) is 4.24. The molecule has 0 aliphatic rings. The summed E-state index contributed by atoms with van der Waals surface area (Å²) < 4.78 is 29.9. The Morgan fingerprint density at radius 1 is 1.61 bits per heavy atom. The summed E-state index contributed by atoms with van der Waals surface area (Å²) in [6.07, 6.45) is -3.14. The Bertz CT molecular complexity index is 491. The fraction of sp³-hybridized carbons (Fsp3) is 0.400. The van der Waals surface area contributed by atoms with Crippen LogP contribution in [-0.2, 0) is 4.74 Å². The van der Waals surface area contributed by atoms with E-state index < -0.39 is 34.3 Å². The van der Waals surface area contributed by atoms with Gasteiger partial charge in [0.25, 0.3) is 6.43 Å². The monoisotopic (exact) mass is 260 g/mol. The van der Waals surface area contributed by atoms with Gasteiger partial charge in [0.05, 0.1) is 11.5 Å². The van der Waals surface area contributed by atoms with Gasteiger partial charge in [-0.3, -0.25) is 10.1 Å². The molecule has 0 N–H and O–H groups in total. The fourth-order valence-corrected chi connectivity index (χ4v) is 1.40. The summed E-state index contributed by atoms with van der Waals surface area (Å²) in [7, 11) is 0. The number of esters is 1. The van der Waals surface area contributed by atoms with Crippen molar-refractivity contribution in [2.24, 2.45) is 0 Å². The number of hydrogen-bond acceptors (Lipinski definition) is 5. The smallest absolute Gasteiger partial charge is 0.345 e. The second-order valence-electron chi connectivity index (χ2n) is 3.32. The topological polar surface area (TPSA) is 82.3 Å². The minimum Gasteiger partial charge on any atom is -0.462 e. The van der Waals surface area contributed by atoms with Crippen LogP contribution in [0.3, 0.4) is 0 Å². The van der Waals surface area contributed by atoms with Gasteiger partial charge >= 0.3 is 11.7 Å². The molecule has 1 aromatic rings. The highest BCUT2D eigenvalue weighted by Gasteiger charge is 2.31. The molecule has 0 atom stereocenters. The number of aryl methyl sites for hydroxylation is 1. The molecule has 18 heavy (non-hydrogen) atoms. The zero-order chi connectivity index (χ0) is 13.9. The molecule has 0 fully saturated rings. The van der Waals surface area contributed by atoms with E-state index in [1.54, 1.807) is 0 Å². The van der Waals surface area contributed by atoms with Crippen LogP contribution in [0.15, 0.2) is 6.07 Å². The zero-order valence-corrected chi connectivity index (χ0v) is 9.65. The second-order valence-corrected chi connectivity index (χ2v) is 3.32. The molecular formula is C10H10F2N2O4. The number of rotatable bonds is 4. The van der Waals surface area contributed by atoms with Crippen LogP contribution in [0.25, 0.3) is 0 Å². The maximum absolute atomic E-state index is 12.7. The first kappa shape index (κ1) is 13.9. The molecule has 1 aromatic heterocycles. The number of carbonyl (C=O) groups excluding carboxylic acids is 1. The quantitative estimate of drug-likeness (QED) is 0.471. The first-order valence-electron chi connectivity index (χ1n) is 4.99. The maximum Gasteiger partial charge on any atom is 0.345 e. The average Bonchev–Trinajstić information content (AvgIpc) is 2.27. The third-order valence-electron chi connectivity index (χ3n) is 2.03. The van der Waals surface area contributed by atoms with Crippen LogP contribution in [-0.4, -0.2) is 22.5 Å². The summed E-state index contributed by atoms with van der Waals surface area (Å²) in [5, 5.41) is 10.8. The van der Waals surface area contributed by atoms with Crippen molar-refractivity contribution in [3.63, 3.8) is 0 Å². The maximum atomic E-state index is 12.7. The van der Waals surface area contributed by atoms with Crippen LogP contribution in [0.5, 0.6) is 0 Å². The summed E-state index contributed by atoms with van der Waals surface area (Å²) in [5.74, 6) is -1.02. The van der Waals surface area contributed by atoms with E-state index in [9.17, 15) is 23.7 Å². The van der Waals surface area contributed by atoms with Gasteiger partial charge in [0.15, 0.2) is 5.69 Å². The first-order chi connectivity index (χ1) is 8.38. The predicted octanol–water partition coefficient (Wildman–Crippen LogP) is 2.41. The number of aromatic nitrogens is 1. The SMILES string of the molecule is CCOC(=O)c1cc(C)nc(C(F)F)c1[N+](=O)[O-]. The molecule has 0 aliphatic heterocycles. The number of carbonyl (C=O) groups is 1. The number of nitrogens with zero attached hydrogens (tertiary/aromatic N) is 2. The summed E-state index contributed by atoms with van der Waals surface area (Å²) in [6.45, 7) is 2.85. The Hall–Kier alpha value is -2.12. The second kappa shape index (κ2) is 5.48. The van der Waals surface area contributed by atoms with E-state index in [0.29, 0.717) is 0 Å². The van der Waals surface area contributed by atoms with Crippen molar-refractivity contribution in [1.29, 1.82) is 0 Å². The Morgan fingerprint density at radius 2 is 2.22 bits per heavy atom. The van der Waals surface area contributed by atoms with Crippen LogP contribution >= 0.6 is 0 Å². The first-order valence-corrected chi connectivity index (χ1v) is 4.99. The highest BCUT2D eigenvalue weighted by molar-refractivity contribution is 5.94. The van der Waals surface area contributed by atoms with Gasteiger partial charge in [0.1, 0.15) is 5.56 Å². The van der Waals surface area contributed by atoms with Gasteiger partial charge in [-0.25, -0.2) is 18.6 Å². The van der Waals surface area contributed by atoms with E-state index in [1.807, 2.05) is 0 Å². The molecule has 98 valence electrons. The lowest BCUT2D eigenvalue weighted by Gasteiger charge is -2.07. The van der Waals surface area contributed by atoms with Crippen LogP contribution in [0.1, 0.15) is 35.1 Å². The third-order valence-corrected chi connectivity index (χ3v) is 2.03. The zero-order valence-electron chi connectivity index (χ0n) is 9.65. The molecule has 0 saturated heterocycles. The van der Waals surface area contributed by atoms with E-state index in [0.717, 1.165) is 6.07 Å². The molecule has 1 heterocycles. The van der Waals surface area contributed by atoms with E-state index in [2.05, 4.69) is 9.72 Å². The number of hydrogen-bond donors (Lipinski definition) is 0. The van der Waals surface area contributed by atoms with Gasteiger partial charge in [-0.2, -0.15) is 0 Å². The van der Waals surface area contributed by atoms with Crippen LogP contribution in [0.2, 0.25) is 0 Å². The van der Waals surface area contributed by atoms with E-state index in [4.69, 9.17) is 0 Å². The number of halogens is 2. The minimum absolute atomic E-state index is 0.0125. The van der Waals surface area contributed by atoms with Crippen molar-refractivity contribution in [3.8, 4) is 0 Å². The Labute approximate surface area is 101 Å². The van der Waals surface area contributed by atoms with Crippen molar-refractivity contribution >= 4 is 11.7 Å². The number of nitro groups is 1. The molecule has 0 saturated carbocycles. The summed E-state index contributed by atoms with van der Waals surface area (Å²) >= 11 is 0. The standard InChI is InChI=1S/C10H10F2N2O4/c1-3-18-10(15)6-4-5(2)13-7(9(11)12)8(6)14(16)17/h4,9H,3H2,1-2H3. The molecular weight excluding hydrogens is 250 g/mol. The summed E-state index contributed by atoms with van der Waals surface area (Å²) in [6, 6.07) is 1.06. The normalized spacial score (nSPS) is 10.5. The van der Waals surface area contributed by atoms with E-state index in [-0.39, 0.29) is 12.3 Å². The third kappa shape index (κ3) is 2.76. The largest absolute Gasteiger partial charge is 0.462 e. The molecule has 8 heteroatoms. The van der Waals surface area contributed by atoms with Gasteiger partial charge in [-0.15, -0.1) is 0 Å². The van der Waals surface area contributed by atoms with Gasteiger partial charge in [0, 0.05) is 5.69 Å². The van der Waals surface area contributed by atoms with Gasteiger partial charge in [-0.05, 0) is 19.9 Å². The van der Waals surface area contributed by atoms with Gasteiger partial charge in [0.2, 0.25) is 0 Å². The Balaban J connectivity index is 3.48. The van der Waals surface area contributed by atoms with Crippen molar-refractivity contribution in [3.05, 3.63) is 33.1 Å². The van der Waals surface area contributed by atoms with Crippen molar-refractivity contribution < 1.29 is 23.2 Å². The molecule has 0 aromatic carbocycles. The highest BCUT2D eigenvalue weighted by Crippen LogP contribution is 2.31. The van der Waals surface area contributed by atoms with Gasteiger partial charge < -0.3 is 4.74 Å². The van der Waals surface area contributed by atoms with E-state index in [1.165, 1.54) is 13.8 Å². The lowest BCUT2D eigenvalue weighted by Crippen LogP contribution is -2.12. The molecule has 0 unspecified atom stereocenters. The van der Waals surface area contributed by atoms with Crippen molar-refractivity contribution in [2.75, 3.05) is 6.61 Å². The number of pyridine rings is 1. The number of alkyl halides is 2. The molecule has 0 amide bonds. The molecule has 1 rings (SSSR count). The van der Waals surface area contributed by atoms with Crippen LogP contribution < -0.4 is 0 Å². The van der Waals surface area contributed by atoms with Crippen LogP contribution in [0, 0.1) is 17.0 Å². The van der Waals surface area contributed by atoms with Crippen molar-refractivity contribution in [2.45, 2.75) is 20.3 Å². The average molecular weight is 260 g/mol. The highest BCUT2D eigenvalue weighted by atomic mass is 19.3. The molecule has 0 aliphatic carbocycles. The molecule has 0 bridgehead atoms. The lowest BCUT2D eigenvalue weighted by molar-refractivity contribution is -0.387. The minimum atomic E-state index is -3.14. The van der Waals surface area contributed by atoms with Crippen molar-refractivity contribution in [1.82, 2.24) is 4.98 Å². The van der Waals surface area contributed by atoms with Crippen LogP contribution in [0.4, 0.5) is 14.5 Å². The molecule has 0 radical (unpaired) electrons. The van der Waals surface area contributed by atoms with Gasteiger partial charge in [-0.1, -0.05) is 0 Å².